The van der Waals surface area contributed by atoms with Crippen LogP contribution in [0.15, 0.2) is 6.07 Å². The second-order valence-corrected chi connectivity index (χ2v) is 5.28. The van der Waals surface area contributed by atoms with Gasteiger partial charge in [-0.05, 0) is 43.2 Å². The predicted molar refractivity (Wildman–Crippen MR) is 81.0 cm³/mol. The molecule has 0 aliphatic carbocycles. The van der Waals surface area contributed by atoms with Crippen LogP contribution in [0, 0.1) is 0 Å². The van der Waals surface area contributed by atoms with E-state index >= 15 is 0 Å². The van der Waals surface area contributed by atoms with Crippen LogP contribution in [-0.4, -0.2) is 10.2 Å². The summed E-state index contributed by atoms with van der Waals surface area (Å²) in [5.41, 5.74) is 3.05. The average Bonchev–Trinajstić information content (AvgIpc) is 2.41. The highest BCUT2D eigenvalue weighted by atomic mass is 16.3. The molecule has 19 heavy (non-hydrogen) atoms. The molecule has 0 fully saturated rings. The van der Waals surface area contributed by atoms with E-state index in [1.54, 1.807) is 0 Å². The van der Waals surface area contributed by atoms with Crippen molar-refractivity contribution in [3.05, 3.63) is 22.8 Å². The molecule has 0 atom stereocenters. The van der Waals surface area contributed by atoms with Crippen molar-refractivity contribution in [2.45, 2.75) is 72.1 Å². The lowest BCUT2D eigenvalue weighted by Crippen LogP contribution is -1.98. The van der Waals surface area contributed by atoms with Crippen LogP contribution >= 0.6 is 0 Å². The van der Waals surface area contributed by atoms with E-state index < -0.39 is 0 Å². The van der Waals surface area contributed by atoms with Crippen molar-refractivity contribution in [1.29, 1.82) is 0 Å². The highest BCUT2D eigenvalue weighted by Gasteiger charge is 2.15. The van der Waals surface area contributed by atoms with Gasteiger partial charge in [0.1, 0.15) is 0 Å². The van der Waals surface area contributed by atoms with Crippen molar-refractivity contribution in [3.8, 4) is 11.5 Å². The molecule has 0 spiro atoms. The summed E-state index contributed by atoms with van der Waals surface area (Å²) in [6.45, 7) is 6.37. The van der Waals surface area contributed by atoms with E-state index in [9.17, 15) is 10.2 Å². The molecule has 0 aliphatic heterocycles. The first-order valence-electron chi connectivity index (χ1n) is 7.71. The Hall–Kier alpha value is -1.18. The van der Waals surface area contributed by atoms with Crippen molar-refractivity contribution >= 4 is 0 Å². The highest BCUT2D eigenvalue weighted by molar-refractivity contribution is 5.54. The zero-order valence-electron chi connectivity index (χ0n) is 12.6. The maximum Gasteiger partial charge on any atom is 0.161 e. The zero-order chi connectivity index (χ0) is 14.3. The molecule has 1 rings (SSSR count). The van der Waals surface area contributed by atoms with Gasteiger partial charge in [-0.2, -0.15) is 0 Å². The van der Waals surface area contributed by atoms with Crippen molar-refractivity contribution in [2.24, 2.45) is 0 Å². The Labute approximate surface area is 117 Å². The van der Waals surface area contributed by atoms with E-state index in [2.05, 4.69) is 19.9 Å². The molecule has 0 heterocycles. The largest absolute Gasteiger partial charge is 0.504 e. The Morgan fingerprint density at radius 1 is 0.789 bits per heavy atom. The predicted octanol–water partition coefficient (Wildman–Crippen LogP) is 4.74. The molecule has 1 aromatic rings. The summed E-state index contributed by atoms with van der Waals surface area (Å²) in [5, 5.41) is 20.3. The second kappa shape index (κ2) is 8.08. The van der Waals surface area contributed by atoms with Crippen LogP contribution in [0.5, 0.6) is 11.5 Å². The molecule has 0 radical (unpaired) electrons. The molecular weight excluding hydrogens is 236 g/mol. The molecule has 2 nitrogen and oxygen atoms in total. The van der Waals surface area contributed by atoms with Gasteiger partial charge in [0.2, 0.25) is 0 Å². The number of hydrogen-bond donors (Lipinski definition) is 2. The molecular formula is C17H28O2. The smallest absolute Gasteiger partial charge is 0.161 e. The first-order valence-corrected chi connectivity index (χ1v) is 7.71. The van der Waals surface area contributed by atoms with E-state index in [1.807, 2.05) is 6.92 Å². The standard InChI is InChI=1S/C17H28O2/c1-4-7-9-11-14-12-13(10-8-5-2)15(6-3)17(19)16(14)18/h12,18-19H,4-11H2,1-3H3. The van der Waals surface area contributed by atoms with Crippen LogP contribution in [0.3, 0.4) is 0 Å². The van der Waals surface area contributed by atoms with Crippen molar-refractivity contribution < 1.29 is 10.2 Å². The number of unbranched alkanes of at least 4 members (excludes halogenated alkanes) is 3. The van der Waals surface area contributed by atoms with Crippen molar-refractivity contribution in [1.82, 2.24) is 0 Å². The minimum absolute atomic E-state index is 0.105. The van der Waals surface area contributed by atoms with Gasteiger partial charge in [0.25, 0.3) is 0 Å². The second-order valence-electron chi connectivity index (χ2n) is 5.28. The fraction of sp³-hybridized carbons (Fsp3) is 0.647. The molecule has 0 unspecified atom stereocenters. The van der Waals surface area contributed by atoms with Gasteiger partial charge in [-0.25, -0.2) is 0 Å². The fourth-order valence-corrected chi connectivity index (χ4v) is 2.55. The first-order chi connectivity index (χ1) is 9.15. The van der Waals surface area contributed by atoms with Gasteiger partial charge in [-0.3, -0.25) is 0 Å². The fourth-order valence-electron chi connectivity index (χ4n) is 2.55. The number of rotatable bonds is 8. The minimum atomic E-state index is 0.105. The third-order valence-corrected chi connectivity index (χ3v) is 3.75. The Bertz CT molecular complexity index is 397. The molecule has 0 amide bonds. The number of hydrogen-bond acceptors (Lipinski definition) is 2. The lowest BCUT2D eigenvalue weighted by atomic mass is 9.93. The van der Waals surface area contributed by atoms with Crippen LogP contribution in [0.1, 0.15) is 69.6 Å². The van der Waals surface area contributed by atoms with E-state index in [0.717, 1.165) is 49.7 Å². The summed E-state index contributed by atoms with van der Waals surface area (Å²) < 4.78 is 0. The van der Waals surface area contributed by atoms with Gasteiger partial charge >= 0.3 is 0 Å². The molecule has 0 bridgehead atoms. The van der Waals surface area contributed by atoms with Gasteiger partial charge in [0.15, 0.2) is 11.5 Å². The Morgan fingerprint density at radius 3 is 2.00 bits per heavy atom. The van der Waals surface area contributed by atoms with Crippen molar-refractivity contribution in [2.75, 3.05) is 0 Å². The SMILES string of the molecule is CCCCCc1cc(CCCC)c(CC)c(O)c1O. The van der Waals surface area contributed by atoms with Crippen LogP contribution in [0.25, 0.3) is 0 Å². The highest BCUT2D eigenvalue weighted by Crippen LogP contribution is 2.37. The number of phenolic OH excluding ortho intramolecular Hbond substituents is 2. The summed E-state index contributed by atoms with van der Waals surface area (Å²) in [7, 11) is 0. The lowest BCUT2D eigenvalue weighted by molar-refractivity contribution is 0.394. The van der Waals surface area contributed by atoms with Gasteiger partial charge in [-0.15, -0.1) is 0 Å². The monoisotopic (exact) mass is 264 g/mol. The van der Waals surface area contributed by atoms with Crippen LogP contribution < -0.4 is 0 Å². The van der Waals surface area contributed by atoms with Gasteiger partial charge in [0, 0.05) is 5.56 Å². The number of aromatic hydroxyl groups is 2. The summed E-state index contributed by atoms with van der Waals surface area (Å²) in [5.74, 6) is 0.218. The van der Waals surface area contributed by atoms with Crippen LogP contribution in [0.4, 0.5) is 0 Å². The Morgan fingerprint density at radius 2 is 1.42 bits per heavy atom. The van der Waals surface area contributed by atoms with E-state index in [0.29, 0.717) is 0 Å². The average molecular weight is 264 g/mol. The molecule has 2 heteroatoms. The molecule has 1 aromatic carbocycles. The normalized spacial score (nSPS) is 10.9. The number of phenols is 2. The first kappa shape index (κ1) is 15.9. The summed E-state index contributed by atoms with van der Waals surface area (Å²) in [4.78, 5) is 0. The Kier molecular flexibility index (Phi) is 6.75. The van der Waals surface area contributed by atoms with Gasteiger partial charge in [0.05, 0.1) is 0 Å². The lowest BCUT2D eigenvalue weighted by Gasteiger charge is -2.15. The van der Waals surface area contributed by atoms with E-state index in [-0.39, 0.29) is 11.5 Å². The maximum absolute atomic E-state index is 10.2. The maximum atomic E-state index is 10.2. The van der Waals surface area contributed by atoms with Gasteiger partial charge in [-0.1, -0.05) is 46.1 Å². The third kappa shape index (κ3) is 4.15. The molecule has 0 aromatic heterocycles. The number of aryl methyl sites for hydroxylation is 2. The molecule has 0 saturated heterocycles. The summed E-state index contributed by atoms with van der Waals surface area (Å²) in [6, 6.07) is 2.11. The molecule has 0 aliphatic rings. The van der Waals surface area contributed by atoms with Crippen LogP contribution in [-0.2, 0) is 19.3 Å². The topological polar surface area (TPSA) is 40.5 Å². The van der Waals surface area contributed by atoms with Crippen molar-refractivity contribution in [3.63, 3.8) is 0 Å². The summed E-state index contributed by atoms with van der Waals surface area (Å²) >= 11 is 0. The van der Waals surface area contributed by atoms with Gasteiger partial charge < -0.3 is 10.2 Å². The summed E-state index contributed by atoms with van der Waals surface area (Å²) in [6.07, 6.45) is 8.31. The molecule has 2 N–H and O–H groups in total. The quantitative estimate of drug-likeness (QED) is 0.526. The van der Waals surface area contributed by atoms with E-state index in [4.69, 9.17) is 0 Å². The van der Waals surface area contributed by atoms with E-state index in [1.165, 1.54) is 18.4 Å². The minimum Gasteiger partial charge on any atom is -0.504 e. The molecule has 108 valence electrons. The molecule has 0 saturated carbocycles. The zero-order valence-corrected chi connectivity index (χ0v) is 12.6. The Balaban J connectivity index is 3.00. The van der Waals surface area contributed by atoms with Crippen LogP contribution in [0.2, 0.25) is 0 Å². The third-order valence-electron chi connectivity index (χ3n) is 3.75. The number of benzene rings is 1.